The zero-order valence-corrected chi connectivity index (χ0v) is 12.5. The van der Waals surface area contributed by atoms with Crippen molar-refractivity contribution in [2.75, 3.05) is 12.5 Å². The lowest BCUT2D eigenvalue weighted by atomic mass is 10.2. The van der Waals surface area contributed by atoms with Gasteiger partial charge in [-0.05, 0) is 42.0 Å². The number of amides is 1. The van der Waals surface area contributed by atoms with Crippen molar-refractivity contribution in [2.24, 2.45) is 0 Å². The Balaban J connectivity index is 1.47. The summed E-state index contributed by atoms with van der Waals surface area (Å²) in [6.07, 6.45) is 0. The molecule has 0 radical (unpaired) electrons. The molecule has 1 aliphatic heterocycles. The van der Waals surface area contributed by atoms with Crippen molar-refractivity contribution in [3.05, 3.63) is 53.8 Å². The zero-order chi connectivity index (χ0) is 15.4. The first-order valence-electron chi connectivity index (χ1n) is 6.74. The maximum absolute atomic E-state index is 12.8. The minimum absolute atomic E-state index is 0.0769. The highest BCUT2D eigenvalue weighted by Gasteiger charge is 2.13. The number of ether oxygens (including phenoxy) is 2. The Labute approximate surface area is 131 Å². The van der Waals surface area contributed by atoms with E-state index >= 15 is 0 Å². The van der Waals surface area contributed by atoms with Crippen molar-refractivity contribution in [2.45, 2.75) is 11.4 Å². The largest absolute Gasteiger partial charge is 0.454 e. The molecule has 22 heavy (non-hydrogen) atoms. The molecule has 0 atom stereocenters. The van der Waals surface area contributed by atoms with Gasteiger partial charge in [0.15, 0.2) is 11.5 Å². The van der Waals surface area contributed by atoms with Crippen molar-refractivity contribution in [3.8, 4) is 11.5 Å². The average molecular weight is 319 g/mol. The van der Waals surface area contributed by atoms with Crippen LogP contribution in [0.4, 0.5) is 4.39 Å². The molecule has 4 nitrogen and oxygen atoms in total. The molecule has 114 valence electrons. The van der Waals surface area contributed by atoms with Crippen LogP contribution < -0.4 is 14.8 Å². The molecule has 0 saturated heterocycles. The smallest absolute Gasteiger partial charge is 0.231 e. The third-order valence-corrected chi connectivity index (χ3v) is 4.12. The van der Waals surface area contributed by atoms with Crippen LogP contribution >= 0.6 is 11.8 Å². The summed E-state index contributed by atoms with van der Waals surface area (Å²) in [5.74, 6) is 1.36. The SMILES string of the molecule is O=C(CSc1ccc(F)cc1)NCc1ccc2c(c1)OCO2. The molecule has 3 rings (SSSR count). The number of hydrogen-bond donors (Lipinski definition) is 1. The van der Waals surface area contributed by atoms with Crippen molar-refractivity contribution in [1.82, 2.24) is 5.32 Å². The molecule has 2 aromatic carbocycles. The van der Waals surface area contributed by atoms with Gasteiger partial charge in [-0.1, -0.05) is 6.07 Å². The molecule has 1 amide bonds. The molecule has 0 aromatic heterocycles. The van der Waals surface area contributed by atoms with Gasteiger partial charge in [0, 0.05) is 11.4 Å². The Bertz CT molecular complexity index is 676. The van der Waals surface area contributed by atoms with Crippen molar-refractivity contribution < 1.29 is 18.7 Å². The molecular formula is C16H14FNO3S. The summed E-state index contributed by atoms with van der Waals surface area (Å²) in [5, 5.41) is 2.84. The van der Waals surface area contributed by atoms with Crippen LogP contribution in [0.3, 0.4) is 0 Å². The second-order valence-corrected chi connectivity index (χ2v) is 5.76. The van der Waals surface area contributed by atoms with Gasteiger partial charge in [0.05, 0.1) is 5.75 Å². The first-order chi connectivity index (χ1) is 10.7. The van der Waals surface area contributed by atoms with Gasteiger partial charge >= 0.3 is 0 Å². The quantitative estimate of drug-likeness (QED) is 0.861. The third kappa shape index (κ3) is 3.71. The molecule has 0 saturated carbocycles. The van der Waals surface area contributed by atoms with Gasteiger partial charge < -0.3 is 14.8 Å². The van der Waals surface area contributed by atoms with Gasteiger partial charge in [-0.15, -0.1) is 11.8 Å². The third-order valence-electron chi connectivity index (χ3n) is 3.11. The van der Waals surface area contributed by atoms with Gasteiger partial charge in [-0.3, -0.25) is 4.79 Å². The number of rotatable bonds is 5. The summed E-state index contributed by atoms with van der Waals surface area (Å²) in [6.45, 7) is 0.666. The fraction of sp³-hybridized carbons (Fsp3) is 0.188. The summed E-state index contributed by atoms with van der Waals surface area (Å²) in [7, 11) is 0. The monoisotopic (exact) mass is 319 g/mol. The minimum atomic E-state index is -0.281. The summed E-state index contributed by atoms with van der Waals surface area (Å²) >= 11 is 1.37. The van der Waals surface area contributed by atoms with E-state index in [2.05, 4.69) is 5.32 Å². The fourth-order valence-electron chi connectivity index (χ4n) is 1.98. The van der Waals surface area contributed by atoms with Crippen LogP contribution in [0.15, 0.2) is 47.4 Å². The number of benzene rings is 2. The van der Waals surface area contributed by atoms with Crippen LogP contribution in [0.5, 0.6) is 11.5 Å². The molecule has 2 aromatic rings. The van der Waals surface area contributed by atoms with Gasteiger partial charge in [-0.2, -0.15) is 0 Å². The summed E-state index contributed by atoms with van der Waals surface area (Å²) in [4.78, 5) is 12.7. The minimum Gasteiger partial charge on any atom is -0.454 e. The number of nitrogens with one attached hydrogen (secondary N) is 1. The van der Waals surface area contributed by atoms with Crippen LogP contribution in [0.25, 0.3) is 0 Å². The normalized spacial score (nSPS) is 12.2. The van der Waals surface area contributed by atoms with E-state index < -0.39 is 0 Å². The standard InChI is InChI=1S/C16H14FNO3S/c17-12-2-4-13(5-3-12)22-9-16(19)18-8-11-1-6-14-15(7-11)21-10-20-14/h1-7H,8-10H2,(H,18,19). The number of hydrogen-bond acceptors (Lipinski definition) is 4. The van der Waals surface area contributed by atoms with Crippen molar-refractivity contribution >= 4 is 17.7 Å². The van der Waals surface area contributed by atoms with Crippen LogP contribution in [-0.2, 0) is 11.3 Å². The van der Waals surface area contributed by atoms with E-state index in [1.54, 1.807) is 12.1 Å². The first-order valence-corrected chi connectivity index (χ1v) is 7.73. The van der Waals surface area contributed by atoms with E-state index in [4.69, 9.17) is 9.47 Å². The van der Waals surface area contributed by atoms with Gasteiger partial charge in [0.25, 0.3) is 0 Å². The Morgan fingerprint density at radius 3 is 2.73 bits per heavy atom. The van der Waals surface area contributed by atoms with Crippen molar-refractivity contribution in [3.63, 3.8) is 0 Å². The highest BCUT2D eigenvalue weighted by Crippen LogP contribution is 2.32. The number of fused-ring (bicyclic) bond motifs is 1. The molecule has 1 N–H and O–H groups in total. The molecule has 1 aliphatic rings. The number of halogens is 1. The topological polar surface area (TPSA) is 47.6 Å². The molecule has 0 unspecified atom stereocenters. The maximum Gasteiger partial charge on any atom is 0.231 e. The average Bonchev–Trinajstić information content (AvgIpc) is 3.00. The molecule has 0 bridgehead atoms. The highest BCUT2D eigenvalue weighted by atomic mass is 32.2. The van der Waals surface area contributed by atoms with Crippen LogP contribution in [0.1, 0.15) is 5.56 Å². The van der Waals surface area contributed by atoms with E-state index in [1.807, 2.05) is 18.2 Å². The number of carbonyl (C=O) groups is 1. The molecule has 0 spiro atoms. The Morgan fingerprint density at radius 2 is 1.91 bits per heavy atom. The van der Waals surface area contributed by atoms with Crippen LogP contribution in [0.2, 0.25) is 0 Å². The summed E-state index contributed by atoms with van der Waals surface area (Å²) < 4.78 is 23.3. The molecule has 0 fully saturated rings. The van der Waals surface area contributed by atoms with Gasteiger partial charge in [0.2, 0.25) is 12.7 Å². The van der Waals surface area contributed by atoms with Crippen LogP contribution in [-0.4, -0.2) is 18.5 Å². The van der Waals surface area contributed by atoms with E-state index in [9.17, 15) is 9.18 Å². The Hall–Kier alpha value is -2.21. The number of thioether (sulfide) groups is 1. The highest BCUT2D eigenvalue weighted by molar-refractivity contribution is 8.00. The molecule has 6 heteroatoms. The lowest BCUT2D eigenvalue weighted by Gasteiger charge is -2.06. The predicted octanol–water partition coefficient (Wildman–Crippen LogP) is 2.96. The second-order valence-electron chi connectivity index (χ2n) is 4.71. The molecule has 0 aliphatic carbocycles. The van der Waals surface area contributed by atoms with E-state index in [0.717, 1.165) is 16.2 Å². The van der Waals surface area contributed by atoms with E-state index in [1.165, 1.54) is 23.9 Å². The zero-order valence-electron chi connectivity index (χ0n) is 11.7. The van der Waals surface area contributed by atoms with Crippen molar-refractivity contribution in [1.29, 1.82) is 0 Å². The fourth-order valence-corrected chi connectivity index (χ4v) is 2.71. The molecular weight excluding hydrogens is 305 g/mol. The van der Waals surface area contributed by atoms with E-state index in [0.29, 0.717) is 12.3 Å². The Morgan fingerprint density at radius 1 is 1.14 bits per heavy atom. The summed E-state index contributed by atoms with van der Waals surface area (Å²) in [6, 6.07) is 11.7. The maximum atomic E-state index is 12.8. The first kappa shape index (κ1) is 14.7. The number of carbonyl (C=O) groups excluding carboxylic acids is 1. The second kappa shape index (κ2) is 6.70. The lowest BCUT2D eigenvalue weighted by molar-refractivity contribution is -0.118. The van der Waals surface area contributed by atoms with Gasteiger partial charge in [0.1, 0.15) is 5.82 Å². The lowest BCUT2D eigenvalue weighted by Crippen LogP contribution is -2.24. The summed E-state index contributed by atoms with van der Waals surface area (Å²) in [5.41, 5.74) is 0.949. The Kier molecular flexibility index (Phi) is 4.48. The van der Waals surface area contributed by atoms with Gasteiger partial charge in [-0.25, -0.2) is 4.39 Å². The van der Waals surface area contributed by atoms with E-state index in [-0.39, 0.29) is 24.3 Å². The predicted molar refractivity (Wildman–Crippen MR) is 81.5 cm³/mol. The molecule has 1 heterocycles. The van der Waals surface area contributed by atoms with Crippen LogP contribution in [0, 0.1) is 5.82 Å².